The predicted molar refractivity (Wildman–Crippen MR) is 119 cm³/mol. The second kappa shape index (κ2) is 8.89. The van der Waals surface area contributed by atoms with Gasteiger partial charge in [0.05, 0.1) is 18.2 Å². The Morgan fingerprint density at radius 3 is 2.70 bits per heavy atom. The molecule has 1 fully saturated rings. The highest BCUT2D eigenvalue weighted by molar-refractivity contribution is 7.16. The van der Waals surface area contributed by atoms with Gasteiger partial charge in [0.1, 0.15) is 0 Å². The molecule has 1 aromatic heterocycles. The number of aromatic nitrogens is 1. The summed E-state index contributed by atoms with van der Waals surface area (Å²) >= 11 is 1.41. The quantitative estimate of drug-likeness (QED) is 0.728. The zero-order valence-corrected chi connectivity index (χ0v) is 19.0. The summed E-state index contributed by atoms with van der Waals surface area (Å²) in [5, 5.41) is 3.32. The number of nitrogens with one attached hydrogen (secondary N) is 1. The van der Waals surface area contributed by atoms with Crippen LogP contribution in [0.5, 0.6) is 11.5 Å². The fourth-order valence-corrected chi connectivity index (χ4v) is 5.31. The number of benzene rings is 1. The first-order valence-corrected chi connectivity index (χ1v) is 11.8. The summed E-state index contributed by atoms with van der Waals surface area (Å²) in [7, 11) is 0. The van der Waals surface area contributed by atoms with Crippen molar-refractivity contribution in [3.63, 3.8) is 0 Å². The van der Waals surface area contributed by atoms with Crippen molar-refractivity contribution in [1.82, 2.24) is 14.8 Å². The van der Waals surface area contributed by atoms with Crippen LogP contribution >= 0.6 is 11.3 Å². The molecule has 2 aromatic rings. The van der Waals surface area contributed by atoms with Crippen LogP contribution in [0.15, 0.2) is 18.2 Å². The van der Waals surface area contributed by atoms with E-state index in [0.717, 1.165) is 17.0 Å². The molecular formula is C22H24N4O6S. The number of thiazole rings is 1. The molecule has 1 aromatic carbocycles. The number of piperazine rings is 1. The van der Waals surface area contributed by atoms with E-state index in [9.17, 15) is 14.4 Å². The topological polar surface area (TPSA) is 110 Å². The highest BCUT2D eigenvalue weighted by Gasteiger charge is 2.37. The van der Waals surface area contributed by atoms with Gasteiger partial charge in [-0.15, -0.1) is 11.3 Å². The van der Waals surface area contributed by atoms with Crippen molar-refractivity contribution in [3.05, 3.63) is 34.3 Å². The lowest BCUT2D eigenvalue weighted by Crippen LogP contribution is -2.51. The van der Waals surface area contributed by atoms with Gasteiger partial charge in [-0.1, -0.05) is 0 Å². The molecule has 2 aliphatic heterocycles. The molecule has 1 N–H and O–H groups in total. The molecule has 3 aliphatic rings. The Hall–Kier alpha value is -3.34. The van der Waals surface area contributed by atoms with Crippen LogP contribution in [-0.4, -0.2) is 72.3 Å². The van der Waals surface area contributed by atoms with Gasteiger partial charge in [0.2, 0.25) is 12.7 Å². The molecule has 0 unspecified atom stereocenters. The summed E-state index contributed by atoms with van der Waals surface area (Å²) in [5.41, 5.74) is 1.19. The van der Waals surface area contributed by atoms with Gasteiger partial charge < -0.3 is 24.0 Å². The number of nitrogens with zero attached hydrogens (tertiary/aromatic N) is 3. The van der Waals surface area contributed by atoms with Crippen LogP contribution in [-0.2, 0) is 16.0 Å². The standard InChI is InChI=1S/C22H24N4O6S/c1-2-30-22(29)26-9-7-25(8-10-26)20(28)14-4-6-17-18(14)23-21(33-17)24-19(27)13-3-5-15-16(11-13)32-12-31-15/h3,5,11,14H,2,4,6-10,12H2,1H3,(H,23,24,27)/t14-/m1/s1. The summed E-state index contributed by atoms with van der Waals surface area (Å²) in [6.45, 7) is 4.11. The van der Waals surface area contributed by atoms with Crippen molar-refractivity contribution in [1.29, 1.82) is 0 Å². The summed E-state index contributed by atoms with van der Waals surface area (Å²) in [6, 6.07) is 5.02. The maximum Gasteiger partial charge on any atom is 0.409 e. The number of amides is 3. The Labute approximate surface area is 194 Å². The molecular weight excluding hydrogens is 448 g/mol. The number of anilines is 1. The van der Waals surface area contributed by atoms with E-state index in [1.165, 1.54) is 11.3 Å². The third-order valence-electron chi connectivity index (χ3n) is 5.99. The normalized spacial score (nSPS) is 18.8. The fourth-order valence-electron chi connectivity index (χ4n) is 4.27. The van der Waals surface area contributed by atoms with Crippen LogP contribution in [0.4, 0.5) is 9.93 Å². The largest absolute Gasteiger partial charge is 0.454 e. The van der Waals surface area contributed by atoms with Crippen molar-refractivity contribution < 1.29 is 28.6 Å². The molecule has 1 saturated heterocycles. The lowest BCUT2D eigenvalue weighted by molar-refractivity contribution is -0.134. The number of carbonyl (C=O) groups is 3. The Balaban J connectivity index is 1.22. The van der Waals surface area contributed by atoms with Gasteiger partial charge in [0, 0.05) is 36.6 Å². The van der Waals surface area contributed by atoms with E-state index in [1.54, 1.807) is 34.9 Å². The Morgan fingerprint density at radius 2 is 1.91 bits per heavy atom. The lowest BCUT2D eigenvalue weighted by atomic mass is 10.1. The van der Waals surface area contributed by atoms with Crippen LogP contribution in [0.2, 0.25) is 0 Å². The third kappa shape index (κ3) is 4.20. The second-order valence-electron chi connectivity index (χ2n) is 7.95. The molecule has 0 saturated carbocycles. The van der Waals surface area contributed by atoms with Crippen molar-refractivity contribution in [3.8, 4) is 11.5 Å². The molecule has 0 spiro atoms. The third-order valence-corrected chi connectivity index (χ3v) is 7.03. The fraction of sp³-hybridized carbons (Fsp3) is 0.455. The Kier molecular flexibility index (Phi) is 5.79. The van der Waals surface area contributed by atoms with Gasteiger partial charge in [0.15, 0.2) is 16.6 Å². The Bertz CT molecular complexity index is 1090. The molecule has 10 nitrogen and oxygen atoms in total. The molecule has 0 bridgehead atoms. The van der Waals surface area contributed by atoms with E-state index >= 15 is 0 Å². The molecule has 11 heteroatoms. The van der Waals surface area contributed by atoms with Crippen molar-refractivity contribution in [2.24, 2.45) is 0 Å². The molecule has 1 atom stereocenters. The van der Waals surface area contributed by atoms with E-state index < -0.39 is 0 Å². The molecule has 5 rings (SSSR count). The number of aryl methyl sites for hydroxylation is 1. The van der Waals surface area contributed by atoms with Gasteiger partial charge in [-0.25, -0.2) is 9.78 Å². The zero-order valence-electron chi connectivity index (χ0n) is 18.2. The van der Waals surface area contributed by atoms with Crippen molar-refractivity contribution >= 4 is 34.4 Å². The summed E-state index contributed by atoms with van der Waals surface area (Å²) in [5.74, 6) is 0.568. The van der Waals surface area contributed by atoms with Crippen LogP contribution in [0.1, 0.15) is 40.2 Å². The maximum atomic E-state index is 13.2. The first-order valence-electron chi connectivity index (χ1n) is 10.9. The summed E-state index contributed by atoms with van der Waals surface area (Å²) in [6.07, 6.45) is 1.13. The molecule has 33 heavy (non-hydrogen) atoms. The minimum absolute atomic E-state index is 0.0243. The van der Waals surface area contributed by atoms with Gasteiger partial charge in [0.25, 0.3) is 5.91 Å². The zero-order chi connectivity index (χ0) is 22.9. The molecule has 0 radical (unpaired) electrons. The number of ether oxygens (including phenoxy) is 3. The SMILES string of the molecule is CCOC(=O)N1CCN(C(=O)[C@@H]2CCc3sc(NC(=O)c4ccc5c(c4)OCO5)nc32)CC1. The summed E-state index contributed by atoms with van der Waals surface area (Å²) < 4.78 is 15.7. The van der Waals surface area contributed by atoms with Crippen LogP contribution in [0, 0.1) is 0 Å². The molecule has 3 amide bonds. The van der Waals surface area contributed by atoms with E-state index in [4.69, 9.17) is 14.2 Å². The van der Waals surface area contributed by atoms with Gasteiger partial charge in [-0.3, -0.25) is 14.9 Å². The average Bonchev–Trinajstić information content (AvgIpc) is 3.54. The first kappa shape index (κ1) is 21.5. The number of hydrogen-bond donors (Lipinski definition) is 1. The van der Waals surface area contributed by atoms with Gasteiger partial charge in [-0.2, -0.15) is 0 Å². The number of carbonyl (C=O) groups excluding carboxylic acids is 3. The van der Waals surface area contributed by atoms with Crippen molar-refractivity contribution in [2.75, 3.05) is 44.9 Å². The summed E-state index contributed by atoms with van der Waals surface area (Å²) in [4.78, 5) is 46.8. The number of fused-ring (bicyclic) bond motifs is 2. The maximum absolute atomic E-state index is 13.2. The predicted octanol–water partition coefficient (Wildman–Crippen LogP) is 2.45. The van der Waals surface area contributed by atoms with Crippen molar-refractivity contribution in [2.45, 2.75) is 25.7 Å². The number of hydrogen-bond acceptors (Lipinski definition) is 8. The highest BCUT2D eigenvalue weighted by atomic mass is 32.1. The monoisotopic (exact) mass is 472 g/mol. The van der Waals surface area contributed by atoms with E-state index in [-0.39, 0.29) is 30.6 Å². The van der Waals surface area contributed by atoms with Crippen LogP contribution in [0.25, 0.3) is 0 Å². The lowest BCUT2D eigenvalue weighted by Gasteiger charge is -2.35. The van der Waals surface area contributed by atoms with E-state index in [2.05, 4.69) is 10.3 Å². The Morgan fingerprint density at radius 1 is 1.15 bits per heavy atom. The first-order chi connectivity index (χ1) is 16.0. The minimum Gasteiger partial charge on any atom is -0.454 e. The van der Waals surface area contributed by atoms with E-state index in [1.807, 2.05) is 0 Å². The van der Waals surface area contributed by atoms with E-state index in [0.29, 0.717) is 61.4 Å². The van der Waals surface area contributed by atoms with Gasteiger partial charge >= 0.3 is 6.09 Å². The van der Waals surface area contributed by atoms with Crippen LogP contribution in [0.3, 0.4) is 0 Å². The molecule has 174 valence electrons. The second-order valence-corrected chi connectivity index (χ2v) is 9.04. The van der Waals surface area contributed by atoms with Crippen LogP contribution < -0.4 is 14.8 Å². The number of rotatable bonds is 4. The molecule has 1 aliphatic carbocycles. The molecule has 3 heterocycles. The average molecular weight is 473 g/mol. The minimum atomic E-state index is -0.338. The highest BCUT2D eigenvalue weighted by Crippen LogP contribution is 2.40. The van der Waals surface area contributed by atoms with Gasteiger partial charge in [-0.05, 0) is 38.0 Å². The smallest absolute Gasteiger partial charge is 0.409 e.